The number of rotatable bonds is 1. The molecule has 3 nitrogen and oxygen atoms in total. The Bertz CT molecular complexity index is 339. The van der Waals surface area contributed by atoms with Crippen LogP contribution >= 0.6 is 0 Å². The maximum Gasteiger partial charge on any atom is 0.348 e. The summed E-state index contributed by atoms with van der Waals surface area (Å²) in [5, 5.41) is 0. The van der Waals surface area contributed by atoms with Gasteiger partial charge in [0, 0.05) is 17.9 Å². The third-order valence-electron chi connectivity index (χ3n) is 1.94. The van der Waals surface area contributed by atoms with Gasteiger partial charge in [0.25, 0.3) is 0 Å². The van der Waals surface area contributed by atoms with Crippen LogP contribution in [0, 0.1) is 13.8 Å². The van der Waals surface area contributed by atoms with Crippen LogP contribution in [0.5, 0.6) is 0 Å². The Labute approximate surface area is 79.4 Å². The summed E-state index contributed by atoms with van der Waals surface area (Å²) < 4.78 is 1.64. The summed E-state index contributed by atoms with van der Waals surface area (Å²) in [6.07, 6.45) is 1.86. The molecule has 1 aromatic heterocycles. The summed E-state index contributed by atoms with van der Waals surface area (Å²) in [4.78, 5) is 15.2. The van der Waals surface area contributed by atoms with Crippen molar-refractivity contribution in [2.24, 2.45) is 0 Å². The lowest BCUT2D eigenvalue weighted by Crippen LogP contribution is -2.25. The van der Waals surface area contributed by atoms with Crippen molar-refractivity contribution >= 4 is 0 Å². The Hall–Kier alpha value is -1.12. The molecule has 1 aromatic rings. The van der Waals surface area contributed by atoms with Crippen molar-refractivity contribution in [2.45, 2.75) is 41.2 Å². The number of hydrogen-bond donors (Lipinski definition) is 0. The van der Waals surface area contributed by atoms with Gasteiger partial charge < -0.3 is 0 Å². The minimum atomic E-state index is -0.159. The highest BCUT2D eigenvalue weighted by molar-refractivity contribution is 5.12. The Morgan fingerprint density at radius 1 is 1.38 bits per heavy atom. The molecule has 0 saturated heterocycles. The van der Waals surface area contributed by atoms with Crippen molar-refractivity contribution in [3.8, 4) is 0 Å². The lowest BCUT2D eigenvalue weighted by molar-refractivity contribution is 0.558. The van der Waals surface area contributed by atoms with Gasteiger partial charge in [0.15, 0.2) is 0 Å². The normalized spacial score (nSPS) is 9.92. The van der Waals surface area contributed by atoms with Gasteiger partial charge in [-0.2, -0.15) is 4.98 Å². The Morgan fingerprint density at radius 3 is 2.38 bits per heavy atom. The summed E-state index contributed by atoms with van der Waals surface area (Å²) in [7, 11) is 0. The van der Waals surface area contributed by atoms with E-state index in [1.54, 1.807) is 4.57 Å². The molecule has 0 aliphatic carbocycles. The molecule has 0 N–H and O–H groups in total. The summed E-state index contributed by atoms with van der Waals surface area (Å²) in [5.41, 5.74) is 1.72. The second kappa shape index (κ2) is 4.21. The Kier molecular flexibility index (Phi) is 3.85. The predicted octanol–water partition coefficient (Wildman–Crippen LogP) is 2.08. The van der Waals surface area contributed by atoms with Gasteiger partial charge in [-0.25, -0.2) is 4.79 Å². The van der Waals surface area contributed by atoms with E-state index in [1.807, 2.05) is 33.9 Å². The number of nitrogens with zero attached hydrogens (tertiary/aromatic N) is 2. The maximum absolute atomic E-state index is 11.3. The molecule has 0 saturated carbocycles. The van der Waals surface area contributed by atoms with Crippen LogP contribution in [0.1, 0.15) is 38.6 Å². The number of aromatic nitrogens is 2. The average molecular weight is 182 g/mol. The molecular weight excluding hydrogens is 164 g/mol. The SMILES string of the molecule is C.Cc1cn(C(C)C)c(=O)nc1C. The molecule has 13 heavy (non-hydrogen) atoms. The molecule has 3 heteroatoms. The molecule has 1 heterocycles. The van der Waals surface area contributed by atoms with E-state index in [-0.39, 0.29) is 19.2 Å². The highest BCUT2D eigenvalue weighted by Gasteiger charge is 2.03. The zero-order valence-electron chi connectivity index (χ0n) is 7.96. The van der Waals surface area contributed by atoms with Gasteiger partial charge >= 0.3 is 5.69 Å². The highest BCUT2D eigenvalue weighted by atomic mass is 16.1. The minimum Gasteiger partial charge on any atom is -0.296 e. The second-order valence-corrected chi connectivity index (χ2v) is 3.29. The predicted molar refractivity (Wildman–Crippen MR) is 55.1 cm³/mol. The van der Waals surface area contributed by atoms with E-state index in [4.69, 9.17) is 0 Å². The summed E-state index contributed by atoms with van der Waals surface area (Å²) >= 11 is 0. The minimum absolute atomic E-state index is 0. The molecule has 0 atom stereocenters. The van der Waals surface area contributed by atoms with Gasteiger partial charge in [-0.05, 0) is 33.3 Å². The number of aryl methyl sites for hydroxylation is 2. The van der Waals surface area contributed by atoms with Gasteiger partial charge in [-0.1, -0.05) is 7.43 Å². The van der Waals surface area contributed by atoms with Crippen molar-refractivity contribution in [1.82, 2.24) is 9.55 Å². The molecule has 0 fully saturated rings. The summed E-state index contributed by atoms with van der Waals surface area (Å²) in [6.45, 7) is 7.75. The van der Waals surface area contributed by atoms with E-state index in [9.17, 15) is 4.79 Å². The largest absolute Gasteiger partial charge is 0.348 e. The zero-order valence-corrected chi connectivity index (χ0v) is 7.96. The maximum atomic E-state index is 11.3. The molecule has 0 spiro atoms. The van der Waals surface area contributed by atoms with E-state index in [0.717, 1.165) is 11.3 Å². The van der Waals surface area contributed by atoms with Crippen molar-refractivity contribution in [1.29, 1.82) is 0 Å². The van der Waals surface area contributed by atoms with Crippen LogP contribution in [-0.4, -0.2) is 9.55 Å². The zero-order chi connectivity index (χ0) is 9.30. The fraction of sp³-hybridized carbons (Fsp3) is 0.600. The first kappa shape index (κ1) is 11.9. The van der Waals surface area contributed by atoms with Crippen LogP contribution in [0.4, 0.5) is 0 Å². The molecular formula is C10H18N2O. The molecule has 0 amide bonds. The number of hydrogen-bond acceptors (Lipinski definition) is 2. The van der Waals surface area contributed by atoms with Gasteiger partial charge in [-0.3, -0.25) is 4.57 Å². The van der Waals surface area contributed by atoms with Crippen LogP contribution < -0.4 is 5.69 Å². The van der Waals surface area contributed by atoms with E-state index >= 15 is 0 Å². The lowest BCUT2D eigenvalue weighted by Gasteiger charge is -2.10. The fourth-order valence-corrected chi connectivity index (χ4v) is 1.02. The van der Waals surface area contributed by atoms with Gasteiger partial charge in [0.2, 0.25) is 0 Å². The molecule has 0 aliphatic heterocycles. The molecule has 0 aliphatic rings. The molecule has 0 aromatic carbocycles. The first-order valence-electron chi connectivity index (χ1n) is 4.08. The smallest absolute Gasteiger partial charge is 0.296 e. The van der Waals surface area contributed by atoms with Crippen LogP contribution in [0.25, 0.3) is 0 Å². The van der Waals surface area contributed by atoms with Crippen LogP contribution in [0.2, 0.25) is 0 Å². The average Bonchev–Trinajstić information content (AvgIpc) is 1.96. The summed E-state index contributed by atoms with van der Waals surface area (Å²) in [6, 6.07) is 0.185. The van der Waals surface area contributed by atoms with Gasteiger partial charge in [0.05, 0.1) is 0 Å². The molecule has 0 radical (unpaired) electrons. The second-order valence-electron chi connectivity index (χ2n) is 3.29. The van der Waals surface area contributed by atoms with E-state index < -0.39 is 0 Å². The standard InChI is InChI=1S/C9H14N2O.CH4/c1-6(2)11-5-7(3)8(4)10-9(11)12;/h5-6H,1-4H3;1H4. The third kappa shape index (κ3) is 2.41. The van der Waals surface area contributed by atoms with Crippen LogP contribution in [-0.2, 0) is 0 Å². The third-order valence-corrected chi connectivity index (χ3v) is 1.94. The van der Waals surface area contributed by atoms with E-state index in [0.29, 0.717) is 0 Å². The first-order chi connectivity index (χ1) is 5.52. The monoisotopic (exact) mass is 182 g/mol. The van der Waals surface area contributed by atoms with Crippen molar-refractivity contribution in [2.75, 3.05) is 0 Å². The van der Waals surface area contributed by atoms with Crippen molar-refractivity contribution < 1.29 is 0 Å². The summed E-state index contributed by atoms with van der Waals surface area (Å²) in [5.74, 6) is 0. The first-order valence-corrected chi connectivity index (χ1v) is 4.08. The fourth-order valence-electron chi connectivity index (χ4n) is 1.02. The van der Waals surface area contributed by atoms with Gasteiger partial charge in [0.1, 0.15) is 0 Å². The van der Waals surface area contributed by atoms with Gasteiger partial charge in [-0.15, -0.1) is 0 Å². The molecule has 1 rings (SSSR count). The van der Waals surface area contributed by atoms with E-state index in [2.05, 4.69) is 4.98 Å². The topological polar surface area (TPSA) is 34.9 Å². The van der Waals surface area contributed by atoms with Crippen molar-refractivity contribution in [3.63, 3.8) is 0 Å². The molecule has 0 unspecified atom stereocenters. The molecule has 74 valence electrons. The van der Waals surface area contributed by atoms with E-state index in [1.165, 1.54) is 0 Å². The Balaban J connectivity index is 0.00000144. The Morgan fingerprint density at radius 2 is 1.92 bits per heavy atom. The quantitative estimate of drug-likeness (QED) is 0.666. The van der Waals surface area contributed by atoms with Crippen molar-refractivity contribution in [3.05, 3.63) is 27.9 Å². The highest BCUT2D eigenvalue weighted by Crippen LogP contribution is 2.03. The molecule has 0 bridgehead atoms. The van der Waals surface area contributed by atoms with Crippen LogP contribution in [0.3, 0.4) is 0 Å². The lowest BCUT2D eigenvalue weighted by atomic mass is 10.2. The van der Waals surface area contributed by atoms with Crippen LogP contribution in [0.15, 0.2) is 11.0 Å².